The second-order valence-corrected chi connectivity index (χ2v) is 7.05. The van der Waals surface area contributed by atoms with E-state index in [0.29, 0.717) is 38.2 Å². The minimum atomic E-state index is -0.309. The van der Waals surface area contributed by atoms with E-state index in [1.807, 2.05) is 18.4 Å². The molecule has 0 aliphatic carbocycles. The highest BCUT2D eigenvalue weighted by Gasteiger charge is 2.29. The Hall–Kier alpha value is -2.55. The first-order chi connectivity index (χ1) is 12.5. The van der Waals surface area contributed by atoms with Crippen molar-refractivity contribution in [2.45, 2.75) is 32.7 Å². The fraction of sp³-hybridized carbons (Fsp3) is 0.471. The van der Waals surface area contributed by atoms with Crippen LogP contribution in [0.2, 0.25) is 0 Å². The maximum absolute atomic E-state index is 12.7. The molecule has 0 saturated carbocycles. The van der Waals surface area contributed by atoms with E-state index in [1.54, 1.807) is 11.8 Å². The Kier molecular flexibility index (Phi) is 5.46. The number of hydrogen-bond donors (Lipinski definition) is 2. The molecule has 2 aromatic rings. The highest BCUT2D eigenvalue weighted by atomic mass is 32.1. The van der Waals surface area contributed by atoms with E-state index in [4.69, 9.17) is 15.0 Å². The summed E-state index contributed by atoms with van der Waals surface area (Å²) >= 11 is 1.49. The van der Waals surface area contributed by atoms with Crippen molar-refractivity contribution < 1.29 is 18.8 Å². The number of carbonyl (C=O) groups excluding carboxylic acids is 2. The van der Waals surface area contributed by atoms with Crippen LogP contribution in [0.3, 0.4) is 0 Å². The van der Waals surface area contributed by atoms with E-state index in [2.05, 4.69) is 10.5 Å². The van der Waals surface area contributed by atoms with Crippen molar-refractivity contribution >= 4 is 29.2 Å². The smallest absolute Gasteiger partial charge is 0.409 e. The number of nitrogens with two attached hydrogens (primary N) is 1. The van der Waals surface area contributed by atoms with E-state index >= 15 is 0 Å². The molecule has 1 fully saturated rings. The van der Waals surface area contributed by atoms with E-state index in [0.717, 1.165) is 10.4 Å². The van der Waals surface area contributed by atoms with Crippen molar-refractivity contribution in [1.29, 1.82) is 0 Å². The fourth-order valence-corrected chi connectivity index (χ4v) is 3.88. The summed E-state index contributed by atoms with van der Waals surface area (Å²) in [6.45, 7) is 5.16. The maximum Gasteiger partial charge on any atom is 0.409 e. The lowest BCUT2D eigenvalue weighted by Crippen LogP contribution is -2.46. The molecule has 0 atom stereocenters. The van der Waals surface area contributed by atoms with Gasteiger partial charge in [0.2, 0.25) is 5.88 Å². The van der Waals surface area contributed by atoms with Gasteiger partial charge in [0.1, 0.15) is 11.3 Å². The zero-order valence-electron chi connectivity index (χ0n) is 14.8. The van der Waals surface area contributed by atoms with Crippen LogP contribution in [-0.2, 0) is 4.74 Å². The number of hydrogen-bond acceptors (Lipinski definition) is 7. The van der Waals surface area contributed by atoms with Gasteiger partial charge in [-0.25, -0.2) is 4.79 Å². The summed E-state index contributed by atoms with van der Waals surface area (Å²) in [7, 11) is 0. The molecule has 26 heavy (non-hydrogen) atoms. The number of anilines is 1. The molecular formula is C17H22N4O4S. The van der Waals surface area contributed by atoms with Crippen LogP contribution in [0.4, 0.5) is 10.7 Å². The summed E-state index contributed by atoms with van der Waals surface area (Å²) in [6, 6.07) is 1.91. The molecule has 140 valence electrons. The summed E-state index contributed by atoms with van der Waals surface area (Å²) in [6.07, 6.45) is 1.00. The number of nitrogens with one attached hydrogen (secondary N) is 1. The number of amides is 2. The molecular weight excluding hydrogens is 356 g/mol. The molecule has 3 heterocycles. The minimum Gasteiger partial charge on any atom is -0.450 e. The molecule has 2 aromatic heterocycles. The van der Waals surface area contributed by atoms with Crippen molar-refractivity contribution in [2.75, 3.05) is 25.4 Å². The summed E-state index contributed by atoms with van der Waals surface area (Å²) in [5.41, 5.74) is 7.59. The Morgan fingerprint density at radius 3 is 2.81 bits per heavy atom. The summed E-state index contributed by atoms with van der Waals surface area (Å²) in [4.78, 5) is 27.0. The predicted molar refractivity (Wildman–Crippen MR) is 98.0 cm³/mol. The number of thiophene rings is 1. The molecule has 1 aliphatic heterocycles. The standard InChI is InChI=1S/C17H22N4O4S/c1-3-24-17(23)21-7-4-11(5-8-21)19-16(22)12-13(20-25-15(12)18)14-10(2)6-9-26-14/h6,9,11H,3-5,7-8,18H2,1-2H3,(H,19,22). The zero-order chi connectivity index (χ0) is 18.7. The van der Waals surface area contributed by atoms with Crippen LogP contribution in [0.5, 0.6) is 0 Å². The third-order valence-corrected chi connectivity index (χ3v) is 5.40. The molecule has 8 nitrogen and oxygen atoms in total. The molecule has 3 rings (SSSR count). The molecule has 0 radical (unpaired) electrons. The Balaban J connectivity index is 1.66. The van der Waals surface area contributed by atoms with Crippen molar-refractivity contribution in [3.8, 4) is 10.6 Å². The van der Waals surface area contributed by atoms with Gasteiger partial charge in [-0.05, 0) is 43.7 Å². The Morgan fingerprint density at radius 1 is 1.46 bits per heavy atom. The number of nitrogens with zero attached hydrogens (tertiary/aromatic N) is 2. The zero-order valence-corrected chi connectivity index (χ0v) is 15.6. The number of piperidine rings is 1. The van der Waals surface area contributed by atoms with Gasteiger partial charge >= 0.3 is 6.09 Å². The van der Waals surface area contributed by atoms with Gasteiger partial charge in [-0.15, -0.1) is 11.3 Å². The first kappa shape index (κ1) is 18.2. The van der Waals surface area contributed by atoms with Gasteiger partial charge in [0.05, 0.1) is 11.5 Å². The average molecular weight is 378 g/mol. The quantitative estimate of drug-likeness (QED) is 0.846. The second-order valence-electron chi connectivity index (χ2n) is 6.14. The van der Waals surface area contributed by atoms with Gasteiger partial charge in [0, 0.05) is 19.1 Å². The van der Waals surface area contributed by atoms with Gasteiger partial charge in [0.25, 0.3) is 5.91 Å². The van der Waals surface area contributed by atoms with Gasteiger partial charge in [-0.2, -0.15) is 0 Å². The number of ether oxygens (including phenoxy) is 1. The van der Waals surface area contributed by atoms with Crippen molar-refractivity contribution in [3.63, 3.8) is 0 Å². The largest absolute Gasteiger partial charge is 0.450 e. The highest BCUT2D eigenvalue weighted by molar-refractivity contribution is 7.13. The van der Waals surface area contributed by atoms with Crippen molar-refractivity contribution in [1.82, 2.24) is 15.4 Å². The van der Waals surface area contributed by atoms with Gasteiger partial charge in [0.15, 0.2) is 0 Å². The third-order valence-electron chi connectivity index (χ3n) is 4.38. The van der Waals surface area contributed by atoms with Crippen molar-refractivity contribution in [3.05, 3.63) is 22.6 Å². The number of rotatable bonds is 4. The number of aromatic nitrogens is 1. The van der Waals surface area contributed by atoms with E-state index in [9.17, 15) is 9.59 Å². The van der Waals surface area contributed by atoms with Crippen LogP contribution >= 0.6 is 11.3 Å². The summed E-state index contributed by atoms with van der Waals surface area (Å²) in [5, 5.41) is 8.88. The first-order valence-corrected chi connectivity index (χ1v) is 9.41. The van der Waals surface area contributed by atoms with E-state index in [1.165, 1.54) is 11.3 Å². The lowest BCUT2D eigenvalue weighted by atomic mass is 10.0. The number of aryl methyl sites for hydroxylation is 1. The molecule has 3 N–H and O–H groups in total. The Labute approximate surface area is 155 Å². The summed E-state index contributed by atoms with van der Waals surface area (Å²) in [5.74, 6) is -0.296. The molecule has 0 unspecified atom stereocenters. The Bertz CT molecular complexity index is 793. The molecule has 1 saturated heterocycles. The predicted octanol–water partition coefficient (Wildman–Crippen LogP) is 2.64. The molecule has 0 bridgehead atoms. The van der Waals surface area contributed by atoms with Crippen LogP contribution in [0.25, 0.3) is 10.6 Å². The van der Waals surface area contributed by atoms with Crippen LogP contribution in [0.1, 0.15) is 35.7 Å². The molecule has 1 aliphatic rings. The third kappa shape index (κ3) is 3.67. The average Bonchev–Trinajstić information content (AvgIpc) is 3.21. The lowest BCUT2D eigenvalue weighted by Gasteiger charge is -2.31. The fourth-order valence-electron chi connectivity index (χ4n) is 2.97. The molecule has 2 amide bonds. The van der Waals surface area contributed by atoms with Crippen LogP contribution in [0.15, 0.2) is 16.0 Å². The highest BCUT2D eigenvalue weighted by Crippen LogP contribution is 2.33. The van der Waals surface area contributed by atoms with Crippen LogP contribution in [-0.4, -0.2) is 47.8 Å². The number of carbonyl (C=O) groups is 2. The molecule has 0 spiro atoms. The SMILES string of the molecule is CCOC(=O)N1CCC(NC(=O)c2c(-c3sccc3C)noc2N)CC1. The monoisotopic (exact) mass is 378 g/mol. The molecule has 9 heteroatoms. The van der Waals surface area contributed by atoms with Crippen LogP contribution < -0.4 is 11.1 Å². The van der Waals surface area contributed by atoms with Gasteiger partial charge in [-0.3, -0.25) is 4.79 Å². The number of likely N-dealkylation sites (tertiary alicyclic amines) is 1. The maximum atomic E-state index is 12.7. The van der Waals surface area contributed by atoms with E-state index < -0.39 is 0 Å². The van der Waals surface area contributed by atoms with Crippen molar-refractivity contribution in [2.24, 2.45) is 0 Å². The Morgan fingerprint density at radius 2 is 2.19 bits per heavy atom. The second kappa shape index (κ2) is 7.77. The first-order valence-electron chi connectivity index (χ1n) is 8.53. The topological polar surface area (TPSA) is 111 Å². The minimum absolute atomic E-state index is 0.00857. The molecule has 0 aromatic carbocycles. The van der Waals surface area contributed by atoms with Gasteiger partial charge < -0.3 is 25.2 Å². The lowest BCUT2D eigenvalue weighted by molar-refractivity contribution is 0.0861. The summed E-state index contributed by atoms with van der Waals surface area (Å²) < 4.78 is 10.1. The van der Waals surface area contributed by atoms with Crippen LogP contribution in [0, 0.1) is 6.92 Å². The van der Waals surface area contributed by atoms with Gasteiger partial charge in [-0.1, -0.05) is 5.16 Å². The normalized spacial score (nSPS) is 15.1. The number of nitrogen functional groups attached to an aromatic ring is 1. The van der Waals surface area contributed by atoms with E-state index in [-0.39, 0.29) is 29.5 Å².